The standard InChI is InChI=1S/C18H22ClN3O2/c19-14-3-1-2-13(8-14)9-18(23)5-6-22(12-18)10-17-15-11-24-7-4-16(15)20-21-17/h1-3,8,23H,4-7,9-12H2,(H,20,21). The average molecular weight is 348 g/mol. The molecule has 128 valence electrons. The lowest BCUT2D eigenvalue weighted by Crippen LogP contribution is -2.35. The summed E-state index contributed by atoms with van der Waals surface area (Å²) in [5.41, 5.74) is 3.84. The molecule has 2 aromatic rings. The van der Waals surface area contributed by atoms with Gasteiger partial charge in [-0.25, -0.2) is 0 Å². The van der Waals surface area contributed by atoms with Gasteiger partial charge in [-0.15, -0.1) is 0 Å². The summed E-state index contributed by atoms with van der Waals surface area (Å²) in [4.78, 5) is 2.27. The lowest BCUT2D eigenvalue weighted by atomic mass is 9.94. The van der Waals surface area contributed by atoms with Gasteiger partial charge in [0.2, 0.25) is 0 Å². The molecule has 2 N–H and O–H groups in total. The van der Waals surface area contributed by atoms with Crippen LogP contribution in [0.1, 0.15) is 28.9 Å². The molecule has 24 heavy (non-hydrogen) atoms. The van der Waals surface area contributed by atoms with Crippen molar-refractivity contribution in [1.82, 2.24) is 15.1 Å². The van der Waals surface area contributed by atoms with Crippen LogP contribution >= 0.6 is 11.6 Å². The first-order valence-corrected chi connectivity index (χ1v) is 8.81. The number of benzene rings is 1. The third kappa shape index (κ3) is 3.35. The fraction of sp³-hybridized carbons (Fsp3) is 0.500. The summed E-state index contributed by atoms with van der Waals surface area (Å²) >= 11 is 6.05. The largest absolute Gasteiger partial charge is 0.388 e. The van der Waals surface area contributed by atoms with Crippen LogP contribution in [-0.4, -0.2) is 45.5 Å². The molecule has 0 amide bonds. The van der Waals surface area contributed by atoms with Crippen molar-refractivity contribution in [3.05, 3.63) is 51.8 Å². The van der Waals surface area contributed by atoms with E-state index >= 15 is 0 Å². The number of halogens is 1. The molecule has 1 fully saturated rings. The van der Waals surface area contributed by atoms with Gasteiger partial charge in [0.05, 0.1) is 24.5 Å². The summed E-state index contributed by atoms with van der Waals surface area (Å²) in [6.07, 6.45) is 2.30. The van der Waals surface area contributed by atoms with Crippen molar-refractivity contribution in [3.8, 4) is 0 Å². The Hall–Kier alpha value is -1.40. The fourth-order valence-corrected chi connectivity index (χ4v) is 3.97. The van der Waals surface area contributed by atoms with E-state index in [9.17, 15) is 5.11 Å². The first-order chi connectivity index (χ1) is 11.6. The Morgan fingerprint density at radius 1 is 1.42 bits per heavy atom. The van der Waals surface area contributed by atoms with Crippen LogP contribution in [0.2, 0.25) is 5.02 Å². The molecule has 0 bridgehead atoms. The third-order valence-electron chi connectivity index (χ3n) is 4.99. The molecule has 1 atom stereocenters. The molecule has 1 unspecified atom stereocenters. The predicted octanol–water partition coefficient (Wildman–Crippen LogP) is 2.32. The molecule has 2 aliphatic rings. The van der Waals surface area contributed by atoms with E-state index in [2.05, 4.69) is 15.1 Å². The maximum absolute atomic E-state index is 10.9. The first kappa shape index (κ1) is 16.1. The zero-order valence-electron chi connectivity index (χ0n) is 13.6. The van der Waals surface area contributed by atoms with Gasteiger partial charge in [-0.3, -0.25) is 10.00 Å². The number of likely N-dealkylation sites (tertiary alicyclic amines) is 1. The van der Waals surface area contributed by atoms with E-state index in [0.29, 0.717) is 24.6 Å². The number of rotatable bonds is 4. The Labute approximate surface area is 146 Å². The fourth-order valence-electron chi connectivity index (χ4n) is 3.76. The number of H-pyrrole nitrogens is 1. The number of hydrogen-bond donors (Lipinski definition) is 2. The van der Waals surface area contributed by atoms with Crippen LogP contribution in [0.5, 0.6) is 0 Å². The summed E-state index contributed by atoms with van der Waals surface area (Å²) in [5.74, 6) is 0. The van der Waals surface area contributed by atoms with Crippen LogP contribution in [-0.2, 0) is 30.7 Å². The molecular weight excluding hydrogens is 326 g/mol. The van der Waals surface area contributed by atoms with Crippen LogP contribution in [0, 0.1) is 0 Å². The molecule has 1 aromatic heterocycles. The van der Waals surface area contributed by atoms with Gasteiger partial charge in [-0.1, -0.05) is 23.7 Å². The van der Waals surface area contributed by atoms with E-state index in [1.165, 1.54) is 11.3 Å². The van der Waals surface area contributed by atoms with E-state index < -0.39 is 5.60 Å². The predicted molar refractivity (Wildman–Crippen MR) is 91.9 cm³/mol. The molecule has 5 nitrogen and oxygen atoms in total. The molecule has 0 radical (unpaired) electrons. The second-order valence-electron chi connectivity index (χ2n) is 6.92. The maximum Gasteiger partial charge on any atom is 0.0826 e. The molecule has 6 heteroatoms. The zero-order valence-corrected chi connectivity index (χ0v) is 14.4. The Kier molecular flexibility index (Phi) is 4.35. The quantitative estimate of drug-likeness (QED) is 0.891. The Bertz CT molecular complexity index is 733. The molecule has 1 saturated heterocycles. The topological polar surface area (TPSA) is 61.4 Å². The SMILES string of the molecule is OC1(Cc2cccc(Cl)c2)CCN(Cc2n[nH]c3c2COCC3)C1. The smallest absolute Gasteiger partial charge is 0.0826 e. The van der Waals surface area contributed by atoms with E-state index in [1.54, 1.807) is 0 Å². The number of hydrogen-bond acceptors (Lipinski definition) is 4. The van der Waals surface area contributed by atoms with Crippen LogP contribution in [0.4, 0.5) is 0 Å². The highest BCUT2D eigenvalue weighted by atomic mass is 35.5. The highest BCUT2D eigenvalue weighted by Gasteiger charge is 2.36. The van der Waals surface area contributed by atoms with Crippen LogP contribution in [0.15, 0.2) is 24.3 Å². The van der Waals surface area contributed by atoms with Crippen molar-refractivity contribution in [1.29, 1.82) is 0 Å². The molecule has 1 aromatic carbocycles. The average Bonchev–Trinajstić information content (AvgIpc) is 3.12. The van der Waals surface area contributed by atoms with Gasteiger partial charge >= 0.3 is 0 Å². The monoisotopic (exact) mass is 347 g/mol. The van der Waals surface area contributed by atoms with Crippen molar-refractivity contribution in [2.75, 3.05) is 19.7 Å². The van der Waals surface area contributed by atoms with E-state index in [1.807, 2.05) is 24.3 Å². The lowest BCUT2D eigenvalue weighted by Gasteiger charge is -2.24. The van der Waals surface area contributed by atoms with Gasteiger partial charge in [0.15, 0.2) is 0 Å². The highest BCUT2D eigenvalue weighted by molar-refractivity contribution is 6.30. The molecular formula is C18H22ClN3O2. The van der Waals surface area contributed by atoms with Crippen molar-refractivity contribution in [3.63, 3.8) is 0 Å². The highest BCUT2D eigenvalue weighted by Crippen LogP contribution is 2.28. The van der Waals surface area contributed by atoms with Gasteiger partial charge in [0.25, 0.3) is 0 Å². The van der Waals surface area contributed by atoms with Gasteiger partial charge < -0.3 is 9.84 Å². The summed E-state index contributed by atoms with van der Waals surface area (Å²) < 4.78 is 5.55. The van der Waals surface area contributed by atoms with Gasteiger partial charge in [-0.05, 0) is 24.1 Å². The summed E-state index contributed by atoms with van der Waals surface area (Å²) in [7, 11) is 0. The minimum atomic E-state index is -0.697. The maximum atomic E-state index is 10.9. The number of fused-ring (bicyclic) bond motifs is 1. The van der Waals surface area contributed by atoms with Crippen LogP contribution < -0.4 is 0 Å². The number of aliphatic hydroxyl groups is 1. The number of β-amino-alcohol motifs (C(OH)–C–C–N with tert-alkyl or cyclic N) is 1. The second kappa shape index (κ2) is 6.48. The minimum absolute atomic E-state index is 0.631. The number of nitrogens with zero attached hydrogens (tertiary/aromatic N) is 2. The van der Waals surface area contributed by atoms with Gasteiger partial charge in [-0.2, -0.15) is 5.10 Å². The summed E-state index contributed by atoms with van der Waals surface area (Å²) in [5, 5.41) is 19.2. The van der Waals surface area contributed by atoms with Crippen molar-refractivity contribution < 1.29 is 9.84 Å². The van der Waals surface area contributed by atoms with E-state index in [0.717, 1.165) is 43.8 Å². The number of aromatic amines is 1. The van der Waals surface area contributed by atoms with Crippen LogP contribution in [0.25, 0.3) is 0 Å². The lowest BCUT2D eigenvalue weighted by molar-refractivity contribution is 0.0485. The first-order valence-electron chi connectivity index (χ1n) is 8.43. The van der Waals surface area contributed by atoms with E-state index in [-0.39, 0.29) is 0 Å². The minimum Gasteiger partial charge on any atom is -0.388 e. The third-order valence-corrected chi connectivity index (χ3v) is 5.22. The second-order valence-corrected chi connectivity index (χ2v) is 7.36. The normalized spacial score (nSPS) is 24.2. The van der Waals surface area contributed by atoms with Gasteiger partial charge in [0.1, 0.15) is 0 Å². The summed E-state index contributed by atoms with van der Waals surface area (Å²) in [6, 6.07) is 7.75. The zero-order chi connectivity index (χ0) is 16.6. The molecule has 0 spiro atoms. The van der Waals surface area contributed by atoms with Crippen molar-refractivity contribution in [2.24, 2.45) is 0 Å². The Morgan fingerprint density at radius 2 is 2.33 bits per heavy atom. The van der Waals surface area contributed by atoms with E-state index in [4.69, 9.17) is 16.3 Å². The van der Waals surface area contributed by atoms with Crippen LogP contribution in [0.3, 0.4) is 0 Å². The number of nitrogens with one attached hydrogen (secondary N) is 1. The molecule has 4 rings (SSSR count). The molecule has 3 heterocycles. The molecule has 2 aliphatic heterocycles. The Balaban J connectivity index is 1.41. The molecule has 0 aliphatic carbocycles. The number of ether oxygens (including phenoxy) is 1. The molecule has 0 saturated carbocycles. The summed E-state index contributed by atoms with van der Waals surface area (Å²) in [6.45, 7) is 3.69. The Morgan fingerprint density at radius 3 is 3.21 bits per heavy atom. The number of aromatic nitrogens is 2. The van der Waals surface area contributed by atoms with Gasteiger partial charge in [0, 0.05) is 48.8 Å². The van der Waals surface area contributed by atoms with Crippen molar-refractivity contribution in [2.45, 2.75) is 38.0 Å². The van der Waals surface area contributed by atoms with Crippen molar-refractivity contribution >= 4 is 11.6 Å².